The van der Waals surface area contributed by atoms with E-state index in [1.54, 1.807) is 13.1 Å². The number of nitriles is 1. The minimum Gasteiger partial charge on any atom is -0.457 e. The molecule has 0 N–H and O–H groups in total. The first-order chi connectivity index (χ1) is 7.19. The van der Waals surface area contributed by atoms with E-state index in [0.717, 1.165) is 0 Å². The van der Waals surface area contributed by atoms with Crippen LogP contribution < -0.4 is 0 Å². The molecule has 0 fully saturated rings. The van der Waals surface area contributed by atoms with E-state index in [9.17, 15) is 4.79 Å². The van der Waals surface area contributed by atoms with Crippen LogP contribution in [0.4, 0.5) is 0 Å². The van der Waals surface area contributed by atoms with E-state index in [0.29, 0.717) is 12.1 Å². The molecule has 0 aliphatic carbocycles. The predicted molar refractivity (Wildman–Crippen MR) is 52.9 cm³/mol. The number of carbonyl (C=O) groups excluding carboxylic acids is 1. The lowest BCUT2D eigenvalue weighted by Gasteiger charge is -2.12. The second kappa shape index (κ2) is 5.15. The number of hydrogen-bond donors (Lipinski definition) is 0. The molecule has 80 valence electrons. The van der Waals surface area contributed by atoms with Crippen LogP contribution in [0.2, 0.25) is 0 Å². The monoisotopic (exact) mass is 207 g/mol. The van der Waals surface area contributed by atoms with Gasteiger partial charge in [-0.1, -0.05) is 6.92 Å². The van der Waals surface area contributed by atoms with Crippen LogP contribution in [0.15, 0.2) is 12.3 Å². The first kappa shape index (κ1) is 11.2. The van der Waals surface area contributed by atoms with Gasteiger partial charge in [-0.05, 0) is 12.5 Å². The van der Waals surface area contributed by atoms with Gasteiger partial charge in [0.2, 0.25) is 0 Å². The Bertz CT molecular complexity index is 378. The van der Waals surface area contributed by atoms with Crippen molar-refractivity contribution in [2.45, 2.75) is 25.9 Å². The zero-order chi connectivity index (χ0) is 11.3. The van der Waals surface area contributed by atoms with Gasteiger partial charge in [0.25, 0.3) is 0 Å². The van der Waals surface area contributed by atoms with Gasteiger partial charge in [0.15, 0.2) is 0 Å². The number of aryl methyl sites for hydroxylation is 1. The van der Waals surface area contributed by atoms with E-state index < -0.39 is 5.97 Å². The summed E-state index contributed by atoms with van der Waals surface area (Å²) in [6.45, 7) is 1.87. The van der Waals surface area contributed by atoms with Gasteiger partial charge in [0.1, 0.15) is 11.8 Å². The largest absolute Gasteiger partial charge is 0.457 e. The summed E-state index contributed by atoms with van der Waals surface area (Å²) in [5.74, 6) is -0.433. The highest BCUT2D eigenvalue weighted by Crippen LogP contribution is 2.07. The third-order valence-corrected chi connectivity index (χ3v) is 2.08. The first-order valence-corrected chi connectivity index (χ1v) is 4.75. The van der Waals surface area contributed by atoms with Crippen LogP contribution in [0.25, 0.3) is 0 Å². The van der Waals surface area contributed by atoms with Crippen LogP contribution in [0.3, 0.4) is 0 Å². The maximum absolute atomic E-state index is 11.6. The predicted octanol–water partition coefficient (Wildman–Crippen LogP) is 1.27. The maximum Gasteiger partial charge on any atom is 0.356 e. The van der Waals surface area contributed by atoms with E-state index in [1.165, 1.54) is 10.9 Å². The van der Waals surface area contributed by atoms with Gasteiger partial charge in [0.05, 0.1) is 12.5 Å². The van der Waals surface area contributed by atoms with Crippen molar-refractivity contribution in [3.8, 4) is 6.07 Å². The molecule has 1 rings (SSSR count). The van der Waals surface area contributed by atoms with Gasteiger partial charge >= 0.3 is 5.97 Å². The number of aromatic nitrogens is 2. The number of nitrogens with zero attached hydrogens (tertiary/aromatic N) is 3. The smallest absolute Gasteiger partial charge is 0.356 e. The van der Waals surface area contributed by atoms with E-state index in [2.05, 4.69) is 5.10 Å². The molecular weight excluding hydrogens is 194 g/mol. The first-order valence-electron chi connectivity index (χ1n) is 4.75. The highest BCUT2D eigenvalue weighted by atomic mass is 16.5. The van der Waals surface area contributed by atoms with Crippen molar-refractivity contribution in [3.63, 3.8) is 0 Å². The van der Waals surface area contributed by atoms with Gasteiger partial charge in [0, 0.05) is 13.2 Å². The molecule has 5 nitrogen and oxygen atoms in total. The fraction of sp³-hybridized carbons (Fsp3) is 0.500. The summed E-state index contributed by atoms with van der Waals surface area (Å²) in [6, 6.07) is 3.57. The molecule has 0 aliphatic rings. The average molecular weight is 207 g/mol. The van der Waals surface area contributed by atoms with E-state index in [-0.39, 0.29) is 12.5 Å². The SMILES string of the molecule is CC[C@@H](CC#N)OC(=O)c1ccnn1C. The van der Waals surface area contributed by atoms with Crippen LogP contribution in [0.1, 0.15) is 30.3 Å². The highest BCUT2D eigenvalue weighted by Gasteiger charge is 2.16. The van der Waals surface area contributed by atoms with Gasteiger partial charge < -0.3 is 4.74 Å². The topological polar surface area (TPSA) is 67.9 Å². The summed E-state index contributed by atoms with van der Waals surface area (Å²) in [6.07, 6.45) is 2.05. The minimum absolute atomic E-state index is 0.222. The molecule has 0 amide bonds. The Morgan fingerprint density at radius 1 is 1.80 bits per heavy atom. The molecule has 1 aromatic rings. The van der Waals surface area contributed by atoms with Crippen LogP contribution >= 0.6 is 0 Å². The Labute approximate surface area is 88.3 Å². The van der Waals surface area contributed by atoms with Crippen molar-refractivity contribution in [1.82, 2.24) is 9.78 Å². The van der Waals surface area contributed by atoms with Crippen molar-refractivity contribution in [2.24, 2.45) is 7.05 Å². The van der Waals surface area contributed by atoms with Gasteiger partial charge in [-0.2, -0.15) is 10.4 Å². The van der Waals surface area contributed by atoms with Crippen molar-refractivity contribution in [2.75, 3.05) is 0 Å². The number of ether oxygens (including phenoxy) is 1. The standard InChI is InChI=1S/C10H13N3O2/c1-3-8(4-6-11)15-10(14)9-5-7-12-13(9)2/h5,7-8H,3-4H2,1-2H3/t8-/m0/s1. The van der Waals surface area contributed by atoms with Crippen LogP contribution in [0, 0.1) is 11.3 Å². The maximum atomic E-state index is 11.6. The van der Waals surface area contributed by atoms with E-state index in [4.69, 9.17) is 10.00 Å². The number of carbonyl (C=O) groups is 1. The molecule has 0 radical (unpaired) electrons. The molecule has 0 aliphatic heterocycles. The Kier molecular flexibility index (Phi) is 3.86. The Hall–Kier alpha value is -1.83. The number of hydrogen-bond acceptors (Lipinski definition) is 4. The summed E-state index contributed by atoms with van der Waals surface area (Å²) in [7, 11) is 1.67. The summed E-state index contributed by atoms with van der Waals surface area (Å²) >= 11 is 0. The molecule has 0 unspecified atom stereocenters. The van der Waals surface area contributed by atoms with Crippen molar-refractivity contribution < 1.29 is 9.53 Å². The summed E-state index contributed by atoms with van der Waals surface area (Å²) in [5.41, 5.74) is 0.395. The summed E-state index contributed by atoms with van der Waals surface area (Å²) in [5, 5.41) is 12.4. The quantitative estimate of drug-likeness (QED) is 0.697. The minimum atomic E-state index is -0.433. The van der Waals surface area contributed by atoms with E-state index in [1.807, 2.05) is 13.0 Å². The Morgan fingerprint density at radius 3 is 3.00 bits per heavy atom. The zero-order valence-corrected chi connectivity index (χ0v) is 8.80. The third-order valence-electron chi connectivity index (χ3n) is 2.08. The molecule has 0 aromatic carbocycles. The Balaban J connectivity index is 2.63. The molecule has 0 saturated carbocycles. The molecule has 5 heteroatoms. The van der Waals surface area contributed by atoms with Crippen LogP contribution in [-0.2, 0) is 11.8 Å². The van der Waals surface area contributed by atoms with Crippen molar-refractivity contribution in [3.05, 3.63) is 18.0 Å². The molecule has 0 spiro atoms. The molecule has 1 aromatic heterocycles. The average Bonchev–Trinajstić information content (AvgIpc) is 2.63. The molecule has 1 heterocycles. The van der Waals surface area contributed by atoms with Crippen molar-refractivity contribution >= 4 is 5.97 Å². The fourth-order valence-corrected chi connectivity index (χ4v) is 1.16. The molecular formula is C10H13N3O2. The summed E-state index contributed by atoms with van der Waals surface area (Å²) in [4.78, 5) is 11.6. The second-order valence-electron chi connectivity index (χ2n) is 3.14. The number of rotatable bonds is 4. The zero-order valence-electron chi connectivity index (χ0n) is 8.80. The Morgan fingerprint density at radius 2 is 2.53 bits per heavy atom. The third kappa shape index (κ3) is 2.81. The number of esters is 1. The molecule has 1 atom stereocenters. The van der Waals surface area contributed by atoms with Gasteiger partial charge in [-0.25, -0.2) is 4.79 Å². The lowest BCUT2D eigenvalue weighted by molar-refractivity contribution is 0.0291. The molecule has 15 heavy (non-hydrogen) atoms. The summed E-state index contributed by atoms with van der Waals surface area (Å²) < 4.78 is 6.59. The lowest BCUT2D eigenvalue weighted by atomic mass is 10.2. The normalized spacial score (nSPS) is 11.8. The second-order valence-corrected chi connectivity index (χ2v) is 3.14. The van der Waals surface area contributed by atoms with Gasteiger partial charge in [-0.15, -0.1) is 0 Å². The van der Waals surface area contributed by atoms with Crippen LogP contribution in [-0.4, -0.2) is 21.9 Å². The molecule has 0 saturated heterocycles. The lowest BCUT2D eigenvalue weighted by Crippen LogP contribution is -2.19. The van der Waals surface area contributed by atoms with Gasteiger partial charge in [-0.3, -0.25) is 4.68 Å². The van der Waals surface area contributed by atoms with Crippen molar-refractivity contribution in [1.29, 1.82) is 5.26 Å². The van der Waals surface area contributed by atoms with E-state index >= 15 is 0 Å². The van der Waals surface area contributed by atoms with Crippen LogP contribution in [0.5, 0.6) is 0 Å². The fourth-order valence-electron chi connectivity index (χ4n) is 1.16. The highest BCUT2D eigenvalue weighted by molar-refractivity contribution is 5.87. The molecule has 0 bridgehead atoms.